The molecule has 19 heavy (non-hydrogen) atoms. The van der Waals surface area contributed by atoms with E-state index in [4.69, 9.17) is 5.11 Å². The van der Waals surface area contributed by atoms with Gasteiger partial charge in [0, 0.05) is 10.2 Å². The Morgan fingerprint density at radius 1 is 1.53 bits per heavy atom. The van der Waals surface area contributed by atoms with Crippen LogP contribution in [0.1, 0.15) is 0 Å². The largest absolute Gasteiger partial charge is 0.480 e. The Bertz CT molecular complexity index is 508. The molecule has 5 nitrogen and oxygen atoms in total. The Labute approximate surface area is 121 Å². The fourth-order valence-corrected chi connectivity index (χ4v) is 3.23. The minimum atomic E-state index is -1.06. The van der Waals surface area contributed by atoms with Crippen LogP contribution in [0.15, 0.2) is 22.7 Å². The number of carbonyl (C=O) groups is 2. The summed E-state index contributed by atoms with van der Waals surface area (Å²) in [5, 5.41) is 11.4. The van der Waals surface area contributed by atoms with E-state index in [1.54, 1.807) is 6.07 Å². The van der Waals surface area contributed by atoms with Gasteiger partial charge in [0.15, 0.2) is 0 Å². The van der Waals surface area contributed by atoms with E-state index in [0.29, 0.717) is 10.2 Å². The van der Waals surface area contributed by atoms with Crippen molar-refractivity contribution in [2.75, 3.05) is 16.9 Å². The molecule has 2 N–H and O–H groups in total. The Morgan fingerprint density at radius 3 is 2.89 bits per heavy atom. The number of para-hydroxylation sites is 1. The first-order chi connectivity index (χ1) is 9.00. The zero-order chi connectivity index (χ0) is 14.0. The molecule has 0 saturated carbocycles. The Kier molecular flexibility index (Phi) is 4.31. The average Bonchev–Trinajstić information content (AvgIpc) is 2.83. The van der Waals surface area contributed by atoms with E-state index >= 15 is 0 Å². The van der Waals surface area contributed by atoms with Gasteiger partial charge in [0.1, 0.15) is 11.9 Å². The van der Waals surface area contributed by atoms with E-state index in [0.717, 1.165) is 0 Å². The molecule has 1 saturated heterocycles. The zero-order valence-corrected chi connectivity index (χ0v) is 12.0. The number of rotatable bonds is 2. The monoisotopic (exact) mass is 348 g/mol. The molecule has 2 amide bonds. The number of nitrogens with one attached hydrogen (secondary N) is 1. The Morgan fingerprint density at radius 2 is 2.26 bits per heavy atom. The first kappa shape index (κ1) is 14.1. The summed E-state index contributed by atoms with van der Waals surface area (Å²) >= 11 is 4.48. The number of halogens is 2. The van der Waals surface area contributed by atoms with Crippen LogP contribution in [0.3, 0.4) is 0 Å². The topological polar surface area (TPSA) is 69.6 Å². The molecule has 0 bridgehead atoms. The number of carbonyl (C=O) groups excluding carboxylic acids is 1. The number of carboxylic acids is 1. The molecule has 1 aliphatic heterocycles. The molecule has 0 aromatic heterocycles. The summed E-state index contributed by atoms with van der Waals surface area (Å²) in [7, 11) is 0. The highest BCUT2D eigenvalue weighted by molar-refractivity contribution is 9.10. The number of aliphatic carboxylic acids is 1. The van der Waals surface area contributed by atoms with Gasteiger partial charge in [-0.1, -0.05) is 6.07 Å². The smallest absolute Gasteiger partial charge is 0.327 e. The average molecular weight is 349 g/mol. The summed E-state index contributed by atoms with van der Waals surface area (Å²) in [6.07, 6.45) is 0. The molecule has 102 valence electrons. The highest BCUT2D eigenvalue weighted by atomic mass is 79.9. The number of carboxylic acid groups (broad SMARTS) is 1. The van der Waals surface area contributed by atoms with Gasteiger partial charge in [0.05, 0.1) is 11.6 Å². The molecule has 1 aliphatic rings. The fraction of sp³-hybridized carbons (Fsp3) is 0.273. The highest BCUT2D eigenvalue weighted by Gasteiger charge is 2.35. The predicted octanol–water partition coefficient (Wildman–Crippen LogP) is 2.58. The number of hydrogen-bond acceptors (Lipinski definition) is 3. The minimum absolute atomic E-state index is 0.00791. The van der Waals surface area contributed by atoms with Crippen molar-refractivity contribution in [1.29, 1.82) is 0 Å². The van der Waals surface area contributed by atoms with Crippen molar-refractivity contribution >= 4 is 45.4 Å². The van der Waals surface area contributed by atoms with Crippen LogP contribution in [0.2, 0.25) is 0 Å². The molecule has 0 aliphatic carbocycles. The third-order valence-corrected chi connectivity index (χ3v) is 4.30. The molecule has 1 fully saturated rings. The number of benzene rings is 1. The van der Waals surface area contributed by atoms with Crippen molar-refractivity contribution in [3.8, 4) is 0 Å². The van der Waals surface area contributed by atoms with Crippen LogP contribution in [0.4, 0.5) is 14.9 Å². The van der Waals surface area contributed by atoms with Gasteiger partial charge in [0.25, 0.3) is 0 Å². The van der Waals surface area contributed by atoms with Gasteiger partial charge in [-0.25, -0.2) is 14.0 Å². The lowest BCUT2D eigenvalue weighted by atomic mass is 10.3. The molecular weight excluding hydrogens is 339 g/mol. The van der Waals surface area contributed by atoms with Gasteiger partial charge in [-0.05, 0) is 28.1 Å². The number of thioether (sulfide) groups is 1. The molecule has 0 unspecified atom stereocenters. The van der Waals surface area contributed by atoms with Gasteiger partial charge < -0.3 is 15.3 Å². The van der Waals surface area contributed by atoms with Crippen LogP contribution in [-0.4, -0.2) is 39.7 Å². The number of amides is 2. The SMILES string of the molecule is O=C(O)[C@@H]1CSCN1C(=O)Nc1c(F)cccc1Br. The molecule has 8 heteroatoms. The maximum Gasteiger partial charge on any atom is 0.327 e. The lowest BCUT2D eigenvalue weighted by Crippen LogP contribution is -2.44. The number of urea groups is 1. The standard InChI is InChI=1S/C11H10BrFN2O3S/c12-6-2-1-3-7(13)9(6)14-11(18)15-5-19-4-8(15)10(16)17/h1-3,8H,4-5H2,(H,14,18)(H,16,17)/t8-/m0/s1. The predicted molar refractivity (Wildman–Crippen MR) is 73.7 cm³/mol. The number of hydrogen-bond donors (Lipinski definition) is 2. The van der Waals surface area contributed by atoms with Gasteiger partial charge in [-0.15, -0.1) is 11.8 Å². The lowest BCUT2D eigenvalue weighted by molar-refractivity contribution is -0.140. The molecule has 1 aromatic rings. The molecular formula is C11H10BrFN2O3S. The van der Waals surface area contributed by atoms with Crippen LogP contribution < -0.4 is 5.32 Å². The lowest BCUT2D eigenvalue weighted by Gasteiger charge is -2.21. The van der Waals surface area contributed by atoms with Crippen molar-refractivity contribution in [1.82, 2.24) is 4.90 Å². The van der Waals surface area contributed by atoms with E-state index < -0.39 is 23.9 Å². The van der Waals surface area contributed by atoms with Crippen LogP contribution in [0, 0.1) is 5.82 Å². The van der Waals surface area contributed by atoms with Gasteiger partial charge in [-0.2, -0.15) is 0 Å². The molecule has 1 aromatic carbocycles. The summed E-state index contributed by atoms with van der Waals surface area (Å²) < 4.78 is 14.0. The second-order valence-electron chi connectivity index (χ2n) is 3.85. The Hall–Kier alpha value is -1.28. The summed E-state index contributed by atoms with van der Waals surface area (Å²) in [5.41, 5.74) is 0.00791. The normalized spacial score (nSPS) is 18.4. The van der Waals surface area contributed by atoms with Crippen molar-refractivity contribution in [2.45, 2.75) is 6.04 Å². The van der Waals surface area contributed by atoms with Crippen molar-refractivity contribution in [3.63, 3.8) is 0 Å². The highest BCUT2D eigenvalue weighted by Crippen LogP contribution is 2.27. The minimum Gasteiger partial charge on any atom is -0.480 e. The van der Waals surface area contributed by atoms with Crippen molar-refractivity contribution in [2.24, 2.45) is 0 Å². The summed E-state index contributed by atoms with van der Waals surface area (Å²) in [6.45, 7) is 0. The van der Waals surface area contributed by atoms with Crippen LogP contribution >= 0.6 is 27.7 Å². The third kappa shape index (κ3) is 3.01. The number of nitrogens with zero attached hydrogens (tertiary/aromatic N) is 1. The van der Waals surface area contributed by atoms with Crippen LogP contribution in [0.25, 0.3) is 0 Å². The molecule has 0 spiro atoms. The van der Waals surface area contributed by atoms with Crippen molar-refractivity contribution in [3.05, 3.63) is 28.5 Å². The quantitative estimate of drug-likeness (QED) is 0.861. The summed E-state index contributed by atoms with van der Waals surface area (Å²) in [5.74, 6) is -1.04. The molecule has 1 heterocycles. The summed E-state index contributed by atoms with van der Waals surface area (Å²) in [4.78, 5) is 24.1. The summed E-state index contributed by atoms with van der Waals surface area (Å²) in [6, 6.07) is 2.81. The van der Waals surface area contributed by atoms with E-state index in [9.17, 15) is 14.0 Å². The Balaban J connectivity index is 2.15. The second kappa shape index (κ2) is 5.79. The van der Waals surface area contributed by atoms with E-state index in [1.165, 1.54) is 28.8 Å². The van der Waals surface area contributed by atoms with E-state index in [-0.39, 0.29) is 11.6 Å². The van der Waals surface area contributed by atoms with Crippen LogP contribution in [-0.2, 0) is 4.79 Å². The van der Waals surface area contributed by atoms with Gasteiger partial charge in [-0.3, -0.25) is 0 Å². The molecule has 2 rings (SSSR count). The zero-order valence-electron chi connectivity index (χ0n) is 9.60. The maximum atomic E-state index is 13.6. The van der Waals surface area contributed by atoms with E-state index in [1.807, 2.05) is 0 Å². The fourth-order valence-electron chi connectivity index (χ4n) is 1.64. The second-order valence-corrected chi connectivity index (χ2v) is 5.70. The van der Waals surface area contributed by atoms with Gasteiger partial charge >= 0.3 is 12.0 Å². The molecule has 1 atom stereocenters. The number of anilines is 1. The van der Waals surface area contributed by atoms with Crippen molar-refractivity contribution < 1.29 is 19.1 Å². The molecule has 0 radical (unpaired) electrons. The third-order valence-electron chi connectivity index (χ3n) is 2.62. The maximum absolute atomic E-state index is 13.6. The first-order valence-electron chi connectivity index (χ1n) is 5.33. The van der Waals surface area contributed by atoms with Gasteiger partial charge in [0.2, 0.25) is 0 Å². The first-order valence-corrected chi connectivity index (χ1v) is 7.27. The van der Waals surface area contributed by atoms with E-state index in [2.05, 4.69) is 21.2 Å². The van der Waals surface area contributed by atoms with Crippen LogP contribution in [0.5, 0.6) is 0 Å².